The van der Waals surface area contributed by atoms with Gasteiger partial charge in [-0.25, -0.2) is 0 Å². The fourth-order valence-corrected chi connectivity index (χ4v) is 1.72. The van der Waals surface area contributed by atoms with Crippen molar-refractivity contribution in [3.8, 4) is 0 Å². The lowest BCUT2D eigenvalue weighted by Gasteiger charge is -1.98. The Bertz CT molecular complexity index is 355. The molecule has 0 saturated heterocycles. The van der Waals surface area contributed by atoms with Crippen molar-refractivity contribution in [2.75, 3.05) is 0 Å². The zero-order chi connectivity index (χ0) is 10.4. The second-order valence-corrected chi connectivity index (χ2v) is 4.25. The maximum absolute atomic E-state index is 4.19. The Morgan fingerprint density at radius 1 is 1.50 bits per heavy atom. The highest BCUT2D eigenvalue weighted by molar-refractivity contribution is 7.07. The molecule has 0 aliphatic heterocycles. The molecular weight excluding hydrogens is 194 g/mol. The number of hydrogen-bond donors (Lipinski definition) is 0. The standard InChI is InChI=1S/C10H17N3S/c1-4-5-6-13-7-8-14-10(13)12-11-9(2)3/h7-8H,4-6H2,1-3H3. The average molecular weight is 211 g/mol. The van der Waals surface area contributed by atoms with Crippen molar-refractivity contribution in [2.24, 2.45) is 10.2 Å². The van der Waals surface area contributed by atoms with E-state index in [1.165, 1.54) is 12.8 Å². The fourth-order valence-electron chi connectivity index (χ4n) is 1.02. The van der Waals surface area contributed by atoms with Crippen molar-refractivity contribution in [1.82, 2.24) is 4.57 Å². The van der Waals surface area contributed by atoms with E-state index in [1.54, 1.807) is 11.3 Å². The molecule has 0 bridgehead atoms. The molecule has 4 heteroatoms. The minimum atomic E-state index is 0.986. The molecule has 1 aromatic rings. The molecule has 0 saturated carbocycles. The summed E-state index contributed by atoms with van der Waals surface area (Å²) in [7, 11) is 0. The van der Waals surface area contributed by atoms with Gasteiger partial charge in [0.15, 0.2) is 0 Å². The van der Waals surface area contributed by atoms with Crippen LogP contribution in [-0.4, -0.2) is 10.3 Å². The number of hydrogen-bond acceptors (Lipinski definition) is 3. The van der Waals surface area contributed by atoms with Crippen LogP contribution in [-0.2, 0) is 6.54 Å². The van der Waals surface area contributed by atoms with Gasteiger partial charge in [-0.15, -0.1) is 16.4 Å². The lowest BCUT2D eigenvalue weighted by Crippen LogP contribution is -2.13. The summed E-state index contributed by atoms with van der Waals surface area (Å²) in [6.45, 7) is 7.14. The van der Waals surface area contributed by atoms with Gasteiger partial charge in [0.05, 0.1) is 0 Å². The van der Waals surface area contributed by atoms with Crippen molar-refractivity contribution in [1.29, 1.82) is 0 Å². The molecule has 0 aromatic carbocycles. The van der Waals surface area contributed by atoms with E-state index in [4.69, 9.17) is 0 Å². The maximum Gasteiger partial charge on any atom is 0.210 e. The van der Waals surface area contributed by atoms with Crippen LogP contribution in [0, 0.1) is 0 Å². The zero-order valence-corrected chi connectivity index (χ0v) is 9.84. The van der Waals surface area contributed by atoms with E-state index >= 15 is 0 Å². The van der Waals surface area contributed by atoms with Crippen LogP contribution in [0.1, 0.15) is 33.6 Å². The Hall–Kier alpha value is -0.900. The van der Waals surface area contributed by atoms with Crippen molar-refractivity contribution < 1.29 is 0 Å². The molecule has 0 aliphatic rings. The molecule has 0 unspecified atom stereocenters. The van der Waals surface area contributed by atoms with Gasteiger partial charge in [-0.05, 0) is 20.3 Å². The first-order valence-corrected chi connectivity index (χ1v) is 5.81. The van der Waals surface area contributed by atoms with Crippen LogP contribution >= 0.6 is 11.3 Å². The molecule has 78 valence electrons. The van der Waals surface area contributed by atoms with Gasteiger partial charge in [0.1, 0.15) is 0 Å². The minimum Gasteiger partial charge on any atom is -0.322 e. The number of thiazole rings is 1. The molecule has 1 rings (SSSR count). The van der Waals surface area contributed by atoms with Crippen LogP contribution in [0.4, 0.5) is 0 Å². The molecule has 14 heavy (non-hydrogen) atoms. The molecule has 0 amide bonds. The van der Waals surface area contributed by atoms with Crippen molar-refractivity contribution in [2.45, 2.75) is 40.2 Å². The van der Waals surface area contributed by atoms with E-state index in [0.717, 1.165) is 17.1 Å². The topological polar surface area (TPSA) is 29.6 Å². The summed E-state index contributed by atoms with van der Waals surface area (Å²) in [5.41, 5.74) is 0.987. The van der Waals surface area contributed by atoms with Crippen molar-refractivity contribution in [3.63, 3.8) is 0 Å². The van der Waals surface area contributed by atoms with Gasteiger partial charge in [-0.3, -0.25) is 0 Å². The summed E-state index contributed by atoms with van der Waals surface area (Å²) in [5.74, 6) is 0. The largest absolute Gasteiger partial charge is 0.322 e. The van der Waals surface area contributed by atoms with E-state index in [1.807, 2.05) is 13.8 Å². The highest BCUT2D eigenvalue weighted by atomic mass is 32.1. The first kappa shape index (κ1) is 11.2. The second kappa shape index (κ2) is 5.75. The summed E-state index contributed by atoms with van der Waals surface area (Å²) >= 11 is 1.63. The summed E-state index contributed by atoms with van der Waals surface area (Å²) in [5, 5.41) is 10.3. The third-order valence-corrected chi connectivity index (χ3v) is 2.53. The third kappa shape index (κ3) is 3.46. The normalized spacial score (nSPS) is 11.8. The molecule has 0 spiro atoms. The van der Waals surface area contributed by atoms with E-state index in [2.05, 4.69) is 33.3 Å². The molecule has 0 atom stereocenters. The molecule has 0 radical (unpaired) electrons. The third-order valence-electron chi connectivity index (χ3n) is 1.75. The van der Waals surface area contributed by atoms with Gasteiger partial charge in [-0.1, -0.05) is 13.3 Å². The number of unbranched alkanes of at least 4 members (excludes halogenated alkanes) is 1. The molecule has 1 aromatic heterocycles. The molecule has 1 heterocycles. The van der Waals surface area contributed by atoms with Crippen LogP contribution in [0.15, 0.2) is 21.8 Å². The minimum absolute atomic E-state index is 0.986. The Kier molecular flexibility index (Phi) is 4.59. The highest BCUT2D eigenvalue weighted by Gasteiger charge is 1.93. The Balaban J connectivity index is 2.81. The first-order chi connectivity index (χ1) is 6.74. The van der Waals surface area contributed by atoms with E-state index < -0.39 is 0 Å². The fraction of sp³-hybridized carbons (Fsp3) is 0.600. The second-order valence-electron chi connectivity index (χ2n) is 3.38. The van der Waals surface area contributed by atoms with Crippen molar-refractivity contribution in [3.05, 3.63) is 16.4 Å². The van der Waals surface area contributed by atoms with Gasteiger partial charge < -0.3 is 4.57 Å². The molecule has 3 nitrogen and oxygen atoms in total. The average Bonchev–Trinajstić information content (AvgIpc) is 2.58. The number of aromatic nitrogens is 1. The van der Waals surface area contributed by atoms with E-state index in [9.17, 15) is 0 Å². The van der Waals surface area contributed by atoms with Gasteiger partial charge in [0.25, 0.3) is 0 Å². The molecule has 0 aliphatic carbocycles. The summed E-state index contributed by atoms with van der Waals surface area (Å²) in [6.07, 6.45) is 4.47. The Morgan fingerprint density at radius 3 is 2.93 bits per heavy atom. The highest BCUT2D eigenvalue weighted by Crippen LogP contribution is 1.95. The SMILES string of the molecule is CCCCn1ccsc1=NN=C(C)C. The lowest BCUT2D eigenvalue weighted by molar-refractivity contribution is 0.615. The molecular formula is C10H17N3S. The molecule has 0 N–H and O–H groups in total. The smallest absolute Gasteiger partial charge is 0.210 e. The number of nitrogens with zero attached hydrogens (tertiary/aromatic N) is 3. The van der Waals surface area contributed by atoms with Crippen LogP contribution in [0.5, 0.6) is 0 Å². The monoisotopic (exact) mass is 211 g/mol. The van der Waals surface area contributed by atoms with Crippen LogP contribution in [0.25, 0.3) is 0 Å². The summed E-state index contributed by atoms with van der Waals surface area (Å²) in [4.78, 5) is 0.986. The first-order valence-electron chi connectivity index (χ1n) is 4.93. The van der Waals surface area contributed by atoms with Gasteiger partial charge in [0, 0.05) is 23.8 Å². The Morgan fingerprint density at radius 2 is 2.29 bits per heavy atom. The number of aryl methyl sites for hydroxylation is 1. The zero-order valence-electron chi connectivity index (χ0n) is 9.03. The van der Waals surface area contributed by atoms with E-state index in [0.29, 0.717) is 0 Å². The Labute approximate surface area is 88.8 Å². The van der Waals surface area contributed by atoms with Gasteiger partial charge in [-0.2, -0.15) is 5.10 Å². The summed E-state index contributed by atoms with van der Waals surface area (Å²) < 4.78 is 2.15. The predicted octanol–water partition coefficient (Wildman–Crippen LogP) is 2.65. The summed E-state index contributed by atoms with van der Waals surface area (Å²) in [6, 6.07) is 0. The quantitative estimate of drug-likeness (QED) is 0.541. The van der Waals surface area contributed by atoms with Crippen LogP contribution < -0.4 is 4.80 Å². The predicted molar refractivity (Wildman–Crippen MR) is 61.6 cm³/mol. The van der Waals surface area contributed by atoms with E-state index in [-0.39, 0.29) is 0 Å². The molecule has 0 fully saturated rings. The van der Waals surface area contributed by atoms with Crippen molar-refractivity contribution >= 4 is 17.0 Å². The van der Waals surface area contributed by atoms with Crippen LogP contribution in [0.2, 0.25) is 0 Å². The lowest BCUT2D eigenvalue weighted by atomic mass is 10.3. The van der Waals surface area contributed by atoms with Crippen LogP contribution in [0.3, 0.4) is 0 Å². The van der Waals surface area contributed by atoms with Gasteiger partial charge in [0.2, 0.25) is 4.80 Å². The number of rotatable bonds is 4. The van der Waals surface area contributed by atoms with Gasteiger partial charge >= 0.3 is 0 Å². The maximum atomic E-state index is 4.19.